The molecule has 0 radical (unpaired) electrons. The monoisotopic (exact) mass is 427 g/mol. The maximum absolute atomic E-state index is 13.2. The molecule has 2 amide bonds. The van der Waals surface area contributed by atoms with E-state index in [9.17, 15) is 9.59 Å². The van der Waals surface area contributed by atoms with Crippen LogP contribution < -0.4 is 0 Å². The molecule has 3 nitrogen and oxygen atoms in total. The molecule has 152 valence electrons. The second-order valence-corrected chi connectivity index (χ2v) is 8.68. The lowest BCUT2D eigenvalue weighted by Gasteiger charge is -2.15. The predicted octanol–water partition coefficient (Wildman–Crippen LogP) is 6.57. The highest BCUT2D eigenvalue weighted by Gasteiger charge is 2.38. The lowest BCUT2D eigenvalue weighted by Crippen LogP contribution is -2.32. The van der Waals surface area contributed by atoms with Gasteiger partial charge in [0, 0.05) is 16.5 Å². The van der Waals surface area contributed by atoms with Gasteiger partial charge in [-0.25, -0.2) is 0 Å². The number of amides is 2. The van der Waals surface area contributed by atoms with Crippen molar-refractivity contribution in [3.8, 4) is 0 Å². The number of hydrogen-bond acceptors (Lipinski definition) is 3. The standard InChI is InChI=1S/C24H26ClNO2S/c1-2-3-4-5-6-10-17-26-23(27)21(18-11-8-7-9-12-18)22(24(26)28)29-20-15-13-19(25)14-16-20/h7-9,11-16H,2-6,10,17H2,1H3. The van der Waals surface area contributed by atoms with E-state index >= 15 is 0 Å². The molecule has 1 aliphatic rings. The molecule has 1 heterocycles. The first-order valence-electron chi connectivity index (χ1n) is 10.2. The van der Waals surface area contributed by atoms with Crippen LogP contribution in [-0.4, -0.2) is 23.3 Å². The zero-order valence-corrected chi connectivity index (χ0v) is 18.3. The van der Waals surface area contributed by atoms with E-state index in [1.54, 1.807) is 12.1 Å². The van der Waals surface area contributed by atoms with Crippen molar-refractivity contribution in [2.24, 2.45) is 0 Å². The molecular weight excluding hydrogens is 402 g/mol. The number of carbonyl (C=O) groups is 2. The number of thioether (sulfide) groups is 1. The van der Waals surface area contributed by atoms with Crippen molar-refractivity contribution in [3.05, 3.63) is 70.1 Å². The van der Waals surface area contributed by atoms with Gasteiger partial charge in [-0.3, -0.25) is 14.5 Å². The Labute approximate surface area is 182 Å². The Morgan fingerprint density at radius 2 is 1.48 bits per heavy atom. The third kappa shape index (κ3) is 5.52. The van der Waals surface area contributed by atoms with Gasteiger partial charge >= 0.3 is 0 Å². The van der Waals surface area contributed by atoms with Crippen LogP contribution >= 0.6 is 23.4 Å². The maximum atomic E-state index is 13.2. The largest absolute Gasteiger partial charge is 0.274 e. The van der Waals surface area contributed by atoms with Crippen LogP contribution in [-0.2, 0) is 9.59 Å². The third-order valence-electron chi connectivity index (χ3n) is 4.96. The fraction of sp³-hybridized carbons (Fsp3) is 0.333. The molecule has 0 bridgehead atoms. The molecule has 0 saturated heterocycles. The first-order chi connectivity index (χ1) is 14.1. The summed E-state index contributed by atoms with van der Waals surface area (Å²) in [7, 11) is 0. The quantitative estimate of drug-likeness (QED) is 0.317. The first-order valence-corrected chi connectivity index (χ1v) is 11.4. The van der Waals surface area contributed by atoms with E-state index in [4.69, 9.17) is 11.6 Å². The third-order valence-corrected chi connectivity index (χ3v) is 6.30. The van der Waals surface area contributed by atoms with Crippen LogP contribution in [0.4, 0.5) is 0 Å². The molecule has 0 atom stereocenters. The number of imide groups is 1. The Morgan fingerprint density at radius 1 is 0.828 bits per heavy atom. The molecule has 3 rings (SSSR count). The van der Waals surface area contributed by atoms with Crippen LogP contribution in [0, 0.1) is 0 Å². The number of rotatable bonds is 10. The molecule has 1 aliphatic heterocycles. The van der Waals surface area contributed by atoms with Crippen molar-refractivity contribution in [2.45, 2.75) is 50.3 Å². The summed E-state index contributed by atoms with van der Waals surface area (Å²) in [5.41, 5.74) is 1.29. The van der Waals surface area contributed by atoms with Gasteiger partial charge in [0.05, 0.1) is 10.5 Å². The van der Waals surface area contributed by atoms with E-state index < -0.39 is 0 Å². The van der Waals surface area contributed by atoms with Crippen molar-refractivity contribution in [1.29, 1.82) is 0 Å². The zero-order chi connectivity index (χ0) is 20.6. The average Bonchev–Trinajstić information content (AvgIpc) is 2.97. The Bertz CT molecular complexity index is 878. The van der Waals surface area contributed by atoms with Crippen LogP contribution in [0.2, 0.25) is 5.02 Å². The minimum absolute atomic E-state index is 0.189. The van der Waals surface area contributed by atoms with E-state index in [0.29, 0.717) is 22.0 Å². The van der Waals surface area contributed by atoms with Crippen molar-refractivity contribution in [3.63, 3.8) is 0 Å². The zero-order valence-electron chi connectivity index (χ0n) is 16.7. The number of halogens is 1. The van der Waals surface area contributed by atoms with Crippen LogP contribution in [0.25, 0.3) is 5.57 Å². The summed E-state index contributed by atoms with van der Waals surface area (Å²) in [5, 5.41) is 0.644. The molecule has 0 aliphatic carbocycles. The summed E-state index contributed by atoms with van der Waals surface area (Å²) in [5.74, 6) is -0.381. The number of nitrogens with zero attached hydrogens (tertiary/aromatic N) is 1. The molecule has 0 spiro atoms. The van der Waals surface area contributed by atoms with Crippen molar-refractivity contribution < 1.29 is 9.59 Å². The maximum Gasteiger partial charge on any atom is 0.268 e. The van der Waals surface area contributed by atoms with Gasteiger partial charge in [0.2, 0.25) is 0 Å². The first kappa shape index (κ1) is 21.7. The van der Waals surface area contributed by atoms with E-state index in [1.807, 2.05) is 42.5 Å². The van der Waals surface area contributed by atoms with Gasteiger partial charge in [0.25, 0.3) is 11.8 Å². The normalized spacial score (nSPS) is 14.2. The van der Waals surface area contributed by atoms with Gasteiger partial charge in [0.1, 0.15) is 0 Å². The smallest absolute Gasteiger partial charge is 0.268 e. The molecule has 0 aromatic heterocycles. The van der Waals surface area contributed by atoms with E-state index in [0.717, 1.165) is 29.7 Å². The predicted molar refractivity (Wildman–Crippen MR) is 121 cm³/mol. The molecule has 0 unspecified atom stereocenters. The van der Waals surface area contributed by atoms with Gasteiger partial charge < -0.3 is 0 Å². The van der Waals surface area contributed by atoms with E-state index in [2.05, 4.69) is 6.92 Å². The molecule has 29 heavy (non-hydrogen) atoms. The van der Waals surface area contributed by atoms with Gasteiger partial charge in [0.15, 0.2) is 0 Å². The summed E-state index contributed by atoms with van der Waals surface area (Å²) < 4.78 is 0. The Hall–Kier alpha value is -2.04. The Balaban J connectivity index is 1.78. The van der Waals surface area contributed by atoms with Crippen LogP contribution in [0.3, 0.4) is 0 Å². The average molecular weight is 428 g/mol. The molecule has 2 aromatic rings. The molecule has 0 N–H and O–H groups in total. The van der Waals surface area contributed by atoms with Crippen molar-refractivity contribution in [1.82, 2.24) is 4.90 Å². The molecule has 2 aromatic carbocycles. The number of unbranched alkanes of at least 4 members (excludes halogenated alkanes) is 5. The summed E-state index contributed by atoms with van der Waals surface area (Å²) in [4.78, 5) is 29.1. The Morgan fingerprint density at radius 3 is 2.17 bits per heavy atom. The summed E-state index contributed by atoms with van der Waals surface area (Å²) >= 11 is 7.32. The second-order valence-electron chi connectivity index (χ2n) is 7.16. The number of benzene rings is 2. The van der Waals surface area contributed by atoms with Crippen LogP contribution in [0.1, 0.15) is 51.0 Å². The van der Waals surface area contributed by atoms with Crippen molar-refractivity contribution >= 4 is 40.8 Å². The highest BCUT2D eigenvalue weighted by Crippen LogP contribution is 2.40. The van der Waals surface area contributed by atoms with Crippen LogP contribution in [0.15, 0.2) is 64.4 Å². The molecule has 5 heteroatoms. The number of carbonyl (C=O) groups excluding carboxylic acids is 2. The van der Waals surface area contributed by atoms with E-state index in [1.165, 1.54) is 35.9 Å². The van der Waals surface area contributed by atoms with E-state index in [-0.39, 0.29) is 11.8 Å². The van der Waals surface area contributed by atoms with Gasteiger partial charge in [-0.05, 0) is 36.2 Å². The lowest BCUT2D eigenvalue weighted by atomic mass is 10.1. The highest BCUT2D eigenvalue weighted by atomic mass is 35.5. The number of hydrogen-bond donors (Lipinski definition) is 0. The fourth-order valence-electron chi connectivity index (χ4n) is 3.38. The minimum Gasteiger partial charge on any atom is -0.274 e. The SMILES string of the molecule is CCCCCCCCN1C(=O)C(Sc2ccc(Cl)cc2)=C(c2ccccc2)C1=O. The lowest BCUT2D eigenvalue weighted by molar-refractivity contribution is -0.136. The summed E-state index contributed by atoms with van der Waals surface area (Å²) in [6.45, 7) is 2.67. The van der Waals surface area contributed by atoms with Gasteiger partial charge in [-0.15, -0.1) is 0 Å². The molecule has 0 saturated carbocycles. The second kappa shape index (κ2) is 10.7. The molecular formula is C24H26ClNO2S. The van der Waals surface area contributed by atoms with Crippen LogP contribution in [0.5, 0.6) is 0 Å². The topological polar surface area (TPSA) is 37.4 Å². The van der Waals surface area contributed by atoms with Crippen molar-refractivity contribution in [2.75, 3.05) is 6.54 Å². The Kier molecular flexibility index (Phi) is 7.96. The molecule has 0 fully saturated rings. The fourth-order valence-corrected chi connectivity index (χ4v) is 4.52. The van der Waals surface area contributed by atoms with Gasteiger partial charge in [-0.1, -0.05) is 92.7 Å². The summed E-state index contributed by atoms with van der Waals surface area (Å²) in [6.07, 6.45) is 6.69. The summed E-state index contributed by atoms with van der Waals surface area (Å²) in [6, 6.07) is 16.8. The van der Waals surface area contributed by atoms with Gasteiger partial charge in [-0.2, -0.15) is 0 Å². The highest BCUT2D eigenvalue weighted by molar-refractivity contribution is 8.04. The minimum atomic E-state index is -0.192.